The summed E-state index contributed by atoms with van der Waals surface area (Å²) in [6.07, 6.45) is 3.41. The van der Waals surface area contributed by atoms with Gasteiger partial charge in [0.2, 0.25) is 0 Å². The number of hydrogen-bond donors (Lipinski definition) is 1. The monoisotopic (exact) mass is 347 g/mol. The van der Waals surface area contributed by atoms with Crippen molar-refractivity contribution in [3.63, 3.8) is 0 Å². The smallest absolute Gasteiger partial charge is 0.265 e. The Morgan fingerprint density at radius 3 is 2.21 bits per heavy atom. The largest absolute Gasteiger partial charge is 0.367 e. The first-order valence-corrected chi connectivity index (χ1v) is 9.77. The van der Waals surface area contributed by atoms with Crippen LogP contribution in [0.4, 0.5) is 11.5 Å². The van der Waals surface area contributed by atoms with Crippen LogP contribution in [0.25, 0.3) is 0 Å². The van der Waals surface area contributed by atoms with Gasteiger partial charge in [-0.25, -0.2) is 13.4 Å². The van der Waals surface area contributed by atoms with Gasteiger partial charge in [-0.1, -0.05) is 32.0 Å². The molecule has 0 unspecified atom stereocenters. The van der Waals surface area contributed by atoms with Crippen molar-refractivity contribution in [1.29, 1.82) is 0 Å². The lowest BCUT2D eigenvalue weighted by Gasteiger charge is -2.23. The highest BCUT2D eigenvalue weighted by Gasteiger charge is 2.23. The number of nitrogens with one attached hydrogen (secondary N) is 1. The van der Waals surface area contributed by atoms with Crippen LogP contribution in [0.2, 0.25) is 0 Å². The summed E-state index contributed by atoms with van der Waals surface area (Å²) < 4.78 is 27.1. The molecule has 0 aliphatic heterocycles. The fourth-order valence-corrected chi connectivity index (χ4v) is 3.95. The molecule has 0 saturated carbocycles. The molecule has 130 valence electrons. The van der Waals surface area contributed by atoms with Crippen molar-refractivity contribution in [2.24, 2.45) is 0 Å². The molecule has 0 aliphatic rings. The third-order valence-electron chi connectivity index (χ3n) is 3.99. The molecule has 6 heteroatoms. The fraction of sp³-hybridized carbons (Fsp3) is 0.389. The highest BCUT2D eigenvalue weighted by atomic mass is 32.2. The highest BCUT2D eigenvalue weighted by Crippen LogP contribution is 2.23. The number of rotatable bonds is 8. The van der Waals surface area contributed by atoms with E-state index >= 15 is 0 Å². The number of para-hydroxylation sites is 1. The number of pyridine rings is 1. The zero-order valence-corrected chi connectivity index (χ0v) is 15.3. The molecule has 2 aromatic rings. The highest BCUT2D eigenvalue weighted by molar-refractivity contribution is 7.92. The van der Waals surface area contributed by atoms with Crippen molar-refractivity contribution in [2.45, 2.75) is 44.6 Å². The van der Waals surface area contributed by atoms with Crippen molar-refractivity contribution in [1.82, 2.24) is 4.98 Å². The first-order valence-electron chi connectivity index (χ1n) is 8.33. The Bertz CT molecular complexity index is 727. The van der Waals surface area contributed by atoms with Crippen LogP contribution in [0.15, 0.2) is 53.6 Å². The summed E-state index contributed by atoms with van der Waals surface area (Å²) in [5.41, 5.74) is 0.652. The Hall–Kier alpha value is -2.08. The molecule has 0 amide bonds. The van der Waals surface area contributed by atoms with E-state index in [1.807, 2.05) is 25.1 Å². The second-order valence-corrected chi connectivity index (χ2v) is 7.40. The first kappa shape index (κ1) is 18.3. The van der Waals surface area contributed by atoms with Crippen molar-refractivity contribution >= 4 is 21.5 Å². The van der Waals surface area contributed by atoms with Crippen molar-refractivity contribution in [2.75, 3.05) is 16.2 Å². The number of nitrogens with zero attached hydrogens (tertiary/aromatic N) is 2. The molecule has 1 heterocycles. The summed E-state index contributed by atoms with van der Waals surface area (Å²) in [6, 6.07) is 12.8. The number of hydrogen-bond acceptors (Lipinski definition) is 4. The normalized spacial score (nSPS) is 11.5. The minimum atomic E-state index is -3.62. The van der Waals surface area contributed by atoms with Crippen LogP contribution in [-0.4, -0.2) is 26.0 Å². The molecule has 0 atom stereocenters. The minimum absolute atomic E-state index is 0.198. The number of aromatic nitrogens is 1. The number of anilines is 2. The van der Waals surface area contributed by atoms with E-state index in [4.69, 9.17) is 0 Å². The van der Waals surface area contributed by atoms with Crippen LogP contribution in [0.3, 0.4) is 0 Å². The Labute approximate surface area is 144 Å². The molecule has 2 rings (SSSR count). The van der Waals surface area contributed by atoms with Crippen LogP contribution in [0.1, 0.15) is 33.6 Å². The van der Waals surface area contributed by atoms with Gasteiger partial charge in [0.25, 0.3) is 10.0 Å². The van der Waals surface area contributed by atoms with Crippen molar-refractivity contribution < 1.29 is 8.42 Å². The Morgan fingerprint density at radius 2 is 1.71 bits per heavy atom. The minimum Gasteiger partial charge on any atom is -0.367 e. The maximum absolute atomic E-state index is 12.9. The van der Waals surface area contributed by atoms with E-state index in [1.165, 1.54) is 10.5 Å². The molecule has 24 heavy (non-hydrogen) atoms. The zero-order valence-electron chi connectivity index (χ0n) is 14.4. The molecule has 0 saturated heterocycles. The van der Waals surface area contributed by atoms with Crippen molar-refractivity contribution in [3.8, 4) is 0 Å². The van der Waals surface area contributed by atoms with Gasteiger partial charge in [0.15, 0.2) is 0 Å². The summed E-state index contributed by atoms with van der Waals surface area (Å²) >= 11 is 0. The SMILES string of the molecule is CCC(CC)Nc1ccc(S(=O)(=O)N(CC)c2ccccc2)cn1. The van der Waals surface area contributed by atoms with Gasteiger partial charge in [-0.3, -0.25) is 4.31 Å². The molecule has 1 aromatic carbocycles. The molecule has 0 bridgehead atoms. The number of sulfonamides is 1. The summed E-state index contributed by atoms with van der Waals surface area (Å²) in [6.45, 7) is 6.40. The Balaban J connectivity index is 2.26. The molecule has 0 radical (unpaired) electrons. The van der Waals surface area contributed by atoms with Gasteiger partial charge in [0, 0.05) is 18.8 Å². The molecule has 0 fully saturated rings. The van der Waals surface area contributed by atoms with E-state index in [9.17, 15) is 8.42 Å². The average Bonchev–Trinajstić information content (AvgIpc) is 2.61. The van der Waals surface area contributed by atoms with Crippen LogP contribution >= 0.6 is 0 Å². The molecular weight excluding hydrogens is 322 g/mol. The van der Waals surface area contributed by atoms with E-state index < -0.39 is 10.0 Å². The molecule has 1 N–H and O–H groups in total. The van der Waals surface area contributed by atoms with E-state index in [-0.39, 0.29) is 4.90 Å². The zero-order chi connectivity index (χ0) is 17.6. The van der Waals surface area contributed by atoms with E-state index in [2.05, 4.69) is 24.1 Å². The lowest BCUT2D eigenvalue weighted by Crippen LogP contribution is -2.30. The van der Waals surface area contributed by atoms with Crippen LogP contribution in [-0.2, 0) is 10.0 Å². The van der Waals surface area contributed by atoms with Crippen LogP contribution in [0, 0.1) is 0 Å². The van der Waals surface area contributed by atoms with E-state index in [0.717, 1.165) is 12.8 Å². The summed E-state index contributed by atoms with van der Waals surface area (Å²) in [7, 11) is -3.62. The molecular formula is C18H25N3O2S. The molecule has 0 spiro atoms. The van der Waals surface area contributed by atoms with Gasteiger partial charge in [-0.05, 0) is 44.0 Å². The van der Waals surface area contributed by atoms with Gasteiger partial charge in [0.1, 0.15) is 10.7 Å². The van der Waals surface area contributed by atoms with Gasteiger partial charge in [0.05, 0.1) is 5.69 Å². The van der Waals surface area contributed by atoms with E-state index in [1.54, 1.807) is 24.3 Å². The first-order chi connectivity index (χ1) is 11.5. The second kappa shape index (κ2) is 8.15. The fourth-order valence-electron chi connectivity index (χ4n) is 2.53. The van der Waals surface area contributed by atoms with Crippen LogP contribution in [0.5, 0.6) is 0 Å². The van der Waals surface area contributed by atoms with E-state index in [0.29, 0.717) is 24.1 Å². The Morgan fingerprint density at radius 1 is 1.04 bits per heavy atom. The van der Waals surface area contributed by atoms with Gasteiger partial charge in [-0.2, -0.15) is 0 Å². The predicted molar refractivity (Wildman–Crippen MR) is 98.9 cm³/mol. The van der Waals surface area contributed by atoms with Gasteiger partial charge >= 0.3 is 0 Å². The summed E-state index contributed by atoms with van der Waals surface area (Å²) in [5.74, 6) is 0.699. The lowest BCUT2D eigenvalue weighted by atomic mass is 10.2. The molecule has 5 nitrogen and oxygen atoms in total. The summed E-state index contributed by atoms with van der Waals surface area (Å²) in [4.78, 5) is 4.47. The lowest BCUT2D eigenvalue weighted by molar-refractivity contribution is 0.591. The maximum atomic E-state index is 12.9. The third-order valence-corrected chi connectivity index (χ3v) is 5.88. The third kappa shape index (κ3) is 4.06. The van der Waals surface area contributed by atoms with Crippen molar-refractivity contribution in [3.05, 3.63) is 48.7 Å². The number of benzene rings is 1. The quantitative estimate of drug-likeness (QED) is 0.787. The maximum Gasteiger partial charge on any atom is 0.265 e. The van der Waals surface area contributed by atoms with Crippen LogP contribution < -0.4 is 9.62 Å². The van der Waals surface area contributed by atoms with Gasteiger partial charge < -0.3 is 5.32 Å². The van der Waals surface area contributed by atoms with Gasteiger partial charge in [-0.15, -0.1) is 0 Å². The Kier molecular flexibility index (Phi) is 6.20. The predicted octanol–water partition coefficient (Wildman–Crippen LogP) is 3.90. The molecule has 0 aliphatic carbocycles. The second-order valence-electron chi connectivity index (χ2n) is 5.54. The standard InChI is InChI=1S/C18H25N3O2S/c1-4-15(5-2)20-18-13-12-17(14-19-18)24(22,23)21(6-3)16-10-8-7-9-11-16/h7-15H,4-6H2,1-3H3,(H,19,20). The topological polar surface area (TPSA) is 62.3 Å². The average molecular weight is 347 g/mol. The molecule has 1 aromatic heterocycles. The summed E-state index contributed by atoms with van der Waals surface area (Å²) in [5, 5.41) is 3.31.